The number of rotatable bonds is 23. The van der Waals surface area contributed by atoms with Gasteiger partial charge in [0, 0.05) is 29.1 Å². The summed E-state index contributed by atoms with van der Waals surface area (Å²) in [5.41, 5.74) is -3.34. The first-order valence-corrected chi connectivity index (χ1v) is 17.7. The summed E-state index contributed by atoms with van der Waals surface area (Å²) >= 11 is 0. The number of unbranched alkanes of at least 4 members (excludes halogenated alkanes) is 12. The molecule has 0 atom stereocenters. The van der Waals surface area contributed by atoms with Crippen molar-refractivity contribution in [1.82, 2.24) is 4.90 Å². The highest BCUT2D eigenvalue weighted by Crippen LogP contribution is 2.56. The van der Waals surface area contributed by atoms with Crippen LogP contribution in [0.25, 0.3) is 0 Å². The van der Waals surface area contributed by atoms with Gasteiger partial charge < -0.3 is 19.8 Å². The Morgan fingerprint density at radius 1 is 0.750 bits per heavy atom. The molecule has 0 saturated heterocycles. The first kappa shape index (κ1) is 40.2. The molecule has 0 aliphatic carbocycles. The molecule has 0 amide bonds. The predicted octanol–water partition coefficient (Wildman–Crippen LogP) is 9.24. The van der Waals surface area contributed by atoms with Gasteiger partial charge in [-0.15, -0.1) is 0 Å². The average Bonchev–Trinajstić information content (AvgIpc) is 3.02. The number of benzene rings is 1. The second kappa shape index (κ2) is 19.1. The third kappa shape index (κ3) is 8.93. The second-order valence-corrected chi connectivity index (χ2v) is 12.6. The minimum absolute atomic E-state index is 0.0685. The molecule has 1 aromatic rings. The van der Waals surface area contributed by atoms with E-state index in [2.05, 4.69) is 6.92 Å². The van der Waals surface area contributed by atoms with Crippen molar-refractivity contribution < 1.29 is 34.4 Å². The molecule has 2 rings (SSSR count). The Balaban J connectivity index is 2.64. The largest absolute Gasteiger partial charge is 0.487 e. The Labute approximate surface area is 284 Å². The van der Waals surface area contributed by atoms with Gasteiger partial charge in [0.25, 0.3) is 5.69 Å². The third-order valence-electron chi connectivity index (χ3n) is 9.64. The maximum Gasteiger partial charge on any atom is 0.334 e. The molecule has 0 aromatic heterocycles. The van der Waals surface area contributed by atoms with E-state index in [-0.39, 0.29) is 65.4 Å². The summed E-state index contributed by atoms with van der Waals surface area (Å²) in [5.74, 6) is -3.16. The van der Waals surface area contributed by atoms with Gasteiger partial charge in [0.1, 0.15) is 0 Å². The highest BCUT2D eigenvalue weighted by atomic mass is 16.6. The molecule has 48 heavy (non-hydrogen) atoms. The van der Waals surface area contributed by atoms with Crippen LogP contribution in [0, 0.1) is 20.2 Å². The first-order chi connectivity index (χ1) is 22.9. The van der Waals surface area contributed by atoms with E-state index < -0.39 is 38.6 Å². The van der Waals surface area contributed by atoms with E-state index in [1.807, 2.05) is 0 Å². The van der Waals surface area contributed by atoms with Crippen molar-refractivity contribution in [2.75, 3.05) is 13.2 Å². The normalized spacial score (nSPS) is 14.4. The summed E-state index contributed by atoms with van der Waals surface area (Å²) < 4.78 is 5.87. The van der Waals surface area contributed by atoms with Crippen LogP contribution in [0.2, 0.25) is 0 Å². The van der Waals surface area contributed by atoms with E-state index in [1.165, 1.54) is 44.9 Å². The number of hydrogen-bond donors (Lipinski definition) is 2. The molecule has 0 bridgehead atoms. The summed E-state index contributed by atoms with van der Waals surface area (Å²) in [6.07, 6.45) is 14.2. The molecule has 1 aromatic carbocycles. The Morgan fingerprint density at radius 2 is 1.19 bits per heavy atom. The van der Waals surface area contributed by atoms with Crippen molar-refractivity contribution >= 4 is 23.3 Å². The van der Waals surface area contributed by atoms with Crippen LogP contribution in [0.15, 0.2) is 28.6 Å². The average molecular weight is 674 g/mol. The Morgan fingerprint density at radius 3 is 1.54 bits per heavy atom. The summed E-state index contributed by atoms with van der Waals surface area (Å²) in [5, 5.41) is 46.3. The molecule has 0 spiro atoms. The molecule has 1 aliphatic rings. The van der Waals surface area contributed by atoms with Crippen LogP contribution in [0.3, 0.4) is 0 Å². The number of nitrogens with zero attached hydrogens (tertiary/aromatic N) is 3. The van der Waals surface area contributed by atoms with E-state index in [0.29, 0.717) is 6.42 Å². The zero-order valence-corrected chi connectivity index (χ0v) is 29.7. The minimum Gasteiger partial charge on any atom is -0.487 e. The molecule has 0 saturated carbocycles. The van der Waals surface area contributed by atoms with Crippen molar-refractivity contribution in [2.45, 2.75) is 143 Å². The fourth-order valence-electron chi connectivity index (χ4n) is 7.48. The number of aliphatic carboxylic acids is 2. The first-order valence-electron chi connectivity index (χ1n) is 17.7. The zero-order valence-electron chi connectivity index (χ0n) is 29.7. The van der Waals surface area contributed by atoms with Crippen LogP contribution in [0.1, 0.15) is 143 Å². The highest BCUT2D eigenvalue weighted by molar-refractivity contribution is 6.01. The lowest BCUT2D eigenvalue weighted by Gasteiger charge is -2.45. The van der Waals surface area contributed by atoms with Crippen molar-refractivity contribution in [3.8, 4) is 5.75 Å². The van der Waals surface area contributed by atoms with Crippen LogP contribution >= 0.6 is 0 Å². The van der Waals surface area contributed by atoms with E-state index in [0.717, 1.165) is 38.2 Å². The smallest absolute Gasteiger partial charge is 0.334 e. The molecule has 12 nitrogen and oxygen atoms in total. The van der Waals surface area contributed by atoms with E-state index in [4.69, 9.17) is 4.74 Å². The predicted molar refractivity (Wildman–Crippen MR) is 185 cm³/mol. The van der Waals surface area contributed by atoms with Crippen LogP contribution in [-0.2, 0) is 21.4 Å². The van der Waals surface area contributed by atoms with Gasteiger partial charge in [0.2, 0.25) is 5.75 Å². The third-order valence-corrected chi connectivity index (χ3v) is 9.64. The maximum atomic E-state index is 13.1. The lowest BCUT2D eigenvalue weighted by atomic mass is 9.62. The molecule has 0 radical (unpaired) electrons. The van der Waals surface area contributed by atoms with Gasteiger partial charge >= 0.3 is 17.6 Å². The molecule has 1 aliphatic heterocycles. The lowest BCUT2D eigenvalue weighted by molar-refractivity contribution is -0.395. The van der Waals surface area contributed by atoms with Crippen molar-refractivity contribution in [3.63, 3.8) is 0 Å². The van der Waals surface area contributed by atoms with Gasteiger partial charge in [-0.05, 0) is 47.0 Å². The van der Waals surface area contributed by atoms with Crippen LogP contribution < -0.4 is 4.74 Å². The van der Waals surface area contributed by atoms with Gasteiger partial charge in [-0.1, -0.05) is 90.9 Å². The van der Waals surface area contributed by atoms with Gasteiger partial charge in [-0.2, -0.15) is 0 Å². The Kier molecular flexibility index (Phi) is 16.0. The van der Waals surface area contributed by atoms with Gasteiger partial charge in [-0.25, -0.2) is 9.59 Å². The maximum absolute atomic E-state index is 13.1. The van der Waals surface area contributed by atoms with E-state index in [9.17, 15) is 40.0 Å². The van der Waals surface area contributed by atoms with Gasteiger partial charge in [0.15, 0.2) is 0 Å². The van der Waals surface area contributed by atoms with Crippen molar-refractivity contribution in [2.24, 2.45) is 0 Å². The number of nitro groups is 2. The number of carboxylic acid groups (broad SMARTS) is 2. The summed E-state index contributed by atoms with van der Waals surface area (Å²) in [4.78, 5) is 51.3. The fourth-order valence-corrected chi connectivity index (χ4v) is 7.48. The number of ether oxygens (including phenoxy) is 1. The number of nitro benzene ring substituents is 2. The molecule has 12 heteroatoms. The standard InChI is InChI=1S/C36H55N3O9/c1-7-11-12-13-14-15-16-17-18-19-20-21-22-23-27-28(38(44)45)24-29(39(46)47)33(48-10-4)32(27)36(8-2)30(34(40)41)25(5)37(9-3)26(6)31(36)35(42)43/h24H,7-23H2,1-6H3,(H,40,41)(H,42,43). The summed E-state index contributed by atoms with van der Waals surface area (Å²) in [6.45, 7) is 10.5. The molecular formula is C36H55N3O9. The van der Waals surface area contributed by atoms with Crippen LogP contribution in [-0.4, -0.2) is 50.0 Å². The monoisotopic (exact) mass is 673 g/mol. The van der Waals surface area contributed by atoms with Crippen molar-refractivity contribution in [1.29, 1.82) is 0 Å². The quantitative estimate of drug-likeness (QED) is 0.0647. The fraction of sp³-hybridized carbons (Fsp3) is 0.667. The summed E-state index contributed by atoms with van der Waals surface area (Å²) in [7, 11) is 0. The van der Waals surface area contributed by atoms with Gasteiger partial charge in [-0.3, -0.25) is 20.2 Å². The van der Waals surface area contributed by atoms with Gasteiger partial charge in [0.05, 0.1) is 39.1 Å². The number of carbonyl (C=O) groups is 2. The Bertz CT molecular complexity index is 1340. The molecular weight excluding hydrogens is 618 g/mol. The zero-order chi connectivity index (χ0) is 36.0. The SMILES string of the molecule is CCCCCCCCCCCCCCCc1c([N+](=O)[O-])cc([N+](=O)[O-])c(OCC)c1C1(CC)C(C(=O)O)=C(C)N(CC)C(C)=C1C(=O)O. The molecule has 0 unspecified atom stereocenters. The molecule has 2 N–H and O–H groups in total. The Hall–Kier alpha value is -3.96. The van der Waals surface area contributed by atoms with E-state index >= 15 is 0 Å². The second-order valence-electron chi connectivity index (χ2n) is 12.6. The lowest BCUT2D eigenvalue weighted by Crippen LogP contribution is -2.46. The number of carboxylic acids is 2. The topological polar surface area (TPSA) is 173 Å². The van der Waals surface area contributed by atoms with Crippen molar-refractivity contribution in [3.05, 3.63) is 60.0 Å². The van der Waals surface area contributed by atoms with Crippen LogP contribution in [0.4, 0.5) is 11.4 Å². The minimum atomic E-state index is -1.98. The van der Waals surface area contributed by atoms with E-state index in [1.54, 1.807) is 39.5 Å². The molecule has 268 valence electrons. The highest BCUT2D eigenvalue weighted by Gasteiger charge is 2.55. The number of allylic oxidation sites excluding steroid dienone is 2. The summed E-state index contributed by atoms with van der Waals surface area (Å²) in [6, 6.07) is 0.866. The molecule has 1 heterocycles. The number of hydrogen-bond acceptors (Lipinski definition) is 8. The molecule has 0 fully saturated rings. The van der Waals surface area contributed by atoms with Crippen LogP contribution in [0.5, 0.6) is 5.75 Å².